The molecule has 0 spiro atoms. The fraction of sp³-hybridized carbons (Fsp3) is 0.765. The zero-order chi connectivity index (χ0) is 15.6. The van der Waals surface area contributed by atoms with Gasteiger partial charge in [-0.3, -0.25) is 9.59 Å². The molecule has 0 rings (SSSR count). The number of esters is 1. The van der Waals surface area contributed by atoms with Crippen molar-refractivity contribution < 1.29 is 14.3 Å². The van der Waals surface area contributed by atoms with E-state index in [0.29, 0.717) is 6.42 Å². The van der Waals surface area contributed by atoms with Gasteiger partial charge in [0.2, 0.25) is 0 Å². The highest BCUT2D eigenvalue weighted by Gasteiger charge is 2.36. The Bertz CT molecular complexity index is 293. The first-order valence-corrected chi connectivity index (χ1v) is 7.69. The molecule has 0 fully saturated rings. The van der Waals surface area contributed by atoms with Crippen molar-refractivity contribution in [3.63, 3.8) is 0 Å². The number of unbranched alkanes of at least 4 members (excludes halogenated alkanes) is 5. The molecule has 0 aliphatic carbocycles. The van der Waals surface area contributed by atoms with Crippen LogP contribution in [0, 0.1) is 25.2 Å². The van der Waals surface area contributed by atoms with E-state index in [9.17, 15) is 9.59 Å². The van der Waals surface area contributed by atoms with Gasteiger partial charge in [-0.25, -0.2) is 0 Å². The number of carbonyl (C=O) groups excluding carboxylic acids is 2. The SMILES string of the molecule is [CH2]C([CH2])COC(=O)C(C)(C)C(=O)CCCCCCCC. The van der Waals surface area contributed by atoms with Crippen LogP contribution in [-0.2, 0) is 14.3 Å². The molecule has 0 aliphatic heterocycles. The Morgan fingerprint density at radius 1 is 1.05 bits per heavy atom. The third-order valence-corrected chi connectivity index (χ3v) is 3.41. The predicted octanol–water partition coefficient (Wildman–Crippen LogP) is 4.16. The lowest BCUT2D eigenvalue weighted by Crippen LogP contribution is -2.35. The van der Waals surface area contributed by atoms with E-state index in [1.807, 2.05) is 0 Å². The Kier molecular flexibility index (Phi) is 9.52. The molecule has 0 amide bonds. The van der Waals surface area contributed by atoms with E-state index in [-0.39, 0.29) is 18.3 Å². The van der Waals surface area contributed by atoms with E-state index in [2.05, 4.69) is 20.8 Å². The second kappa shape index (κ2) is 9.95. The summed E-state index contributed by atoms with van der Waals surface area (Å²) >= 11 is 0. The molecular weight excluding hydrogens is 252 g/mol. The summed E-state index contributed by atoms with van der Waals surface area (Å²) in [7, 11) is 0. The molecule has 0 bridgehead atoms. The third kappa shape index (κ3) is 7.66. The minimum absolute atomic E-state index is 0.0392. The fourth-order valence-corrected chi connectivity index (χ4v) is 1.87. The number of ether oxygens (including phenoxy) is 1. The minimum atomic E-state index is -1.06. The molecule has 0 N–H and O–H groups in total. The van der Waals surface area contributed by atoms with Gasteiger partial charge in [0.1, 0.15) is 11.2 Å². The average molecular weight is 282 g/mol. The molecule has 2 radical (unpaired) electrons. The van der Waals surface area contributed by atoms with Crippen molar-refractivity contribution in [2.75, 3.05) is 6.61 Å². The van der Waals surface area contributed by atoms with Crippen molar-refractivity contribution in [1.29, 1.82) is 0 Å². The molecule has 20 heavy (non-hydrogen) atoms. The normalized spacial score (nSPS) is 11.7. The highest BCUT2D eigenvalue weighted by atomic mass is 16.5. The van der Waals surface area contributed by atoms with Crippen molar-refractivity contribution in [2.45, 2.75) is 65.7 Å². The third-order valence-electron chi connectivity index (χ3n) is 3.41. The first kappa shape index (κ1) is 19.1. The molecule has 0 heterocycles. The summed E-state index contributed by atoms with van der Waals surface area (Å²) in [5.74, 6) is -0.711. The molecule has 3 nitrogen and oxygen atoms in total. The van der Waals surface area contributed by atoms with E-state index in [1.54, 1.807) is 13.8 Å². The maximum atomic E-state index is 12.1. The molecular formula is C17H30O3. The van der Waals surface area contributed by atoms with Gasteiger partial charge in [-0.05, 0) is 40.0 Å². The smallest absolute Gasteiger partial charge is 0.319 e. The second-order valence-corrected chi connectivity index (χ2v) is 6.03. The van der Waals surface area contributed by atoms with Crippen LogP contribution in [-0.4, -0.2) is 18.4 Å². The molecule has 0 unspecified atom stereocenters. The van der Waals surface area contributed by atoms with E-state index >= 15 is 0 Å². The van der Waals surface area contributed by atoms with E-state index in [0.717, 1.165) is 19.3 Å². The topological polar surface area (TPSA) is 43.4 Å². The van der Waals surface area contributed by atoms with Gasteiger partial charge in [-0.2, -0.15) is 0 Å². The van der Waals surface area contributed by atoms with E-state index in [4.69, 9.17) is 4.74 Å². The van der Waals surface area contributed by atoms with E-state index in [1.165, 1.54) is 19.3 Å². The predicted molar refractivity (Wildman–Crippen MR) is 81.9 cm³/mol. The quantitative estimate of drug-likeness (QED) is 0.325. The maximum Gasteiger partial charge on any atom is 0.319 e. The Balaban J connectivity index is 4.01. The van der Waals surface area contributed by atoms with Crippen LogP contribution >= 0.6 is 0 Å². The van der Waals surface area contributed by atoms with Gasteiger partial charge < -0.3 is 4.74 Å². The van der Waals surface area contributed by atoms with Crippen LogP contribution in [0.5, 0.6) is 0 Å². The van der Waals surface area contributed by atoms with Crippen molar-refractivity contribution in [2.24, 2.45) is 11.3 Å². The van der Waals surface area contributed by atoms with Crippen LogP contribution in [0.4, 0.5) is 0 Å². The Morgan fingerprint density at radius 2 is 1.60 bits per heavy atom. The van der Waals surface area contributed by atoms with Crippen LogP contribution < -0.4 is 0 Å². The molecule has 0 atom stereocenters. The number of ketones is 1. The van der Waals surface area contributed by atoms with Crippen LogP contribution in [0.15, 0.2) is 0 Å². The van der Waals surface area contributed by atoms with Gasteiger partial charge in [0.25, 0.3) is 0 Å². The van der Waals surface area contributed by atoms with Crippen molar-refractivity contribution in [3.8, 4) is 0 Å². The summed E-state index contributed by atoms with van der Waals surface area (Å²) in [5.41, 5.74) is -1.06. The number of hydrogen-bond acceptors (Lipinski definition) is 3. The van der Waals surface area contributed by atoms with Crippen LogP contribution in [0.3, 0.4) is 0 Å². The Morgan fingerprint density at radius 3 is 2.15 bits per heavy atom. The molecule has 0 aliphatic rings. The van der Waals surface area contributed by atoms with Crippen LogP contribution in [0.25, 0.3) is 0 Å². The summed E-state index contributed by atoms with van der Waals surface area (Å²) in [5, 5.41) is 0. The van der Waals surface area contributed by atoms with Gasteiger partial charge in [0.15, 0.2) is 0 Å². The fourth-order valence-electron chi connectivity index (χ4n) is 1.87. The average Bonchev–Trinajstić information content (AvgIpc) is 2.39. The molecule has 3 heteroatoms. The maximum absolute atomic E-state index is 12.1. The Labute approximate surface area is 124 Å². The Hall–Kier alpha value is -0.860. The minimum Gasteiger partial charge on any atom is -0.465 e. The van der Waals surface area contributed by atoms with Gasteiger partial charge in [0.05, 0.1) is 6.61 Å². The molecule has 116 valence electrons. The molecule has 0 saturated heterocycles. The van der Waals surface area contributed by atoms with Gasteiger partial charge in [-0.15, -0.1) is 0 Å². The highest BCUT2D eigenvalue weighted by Crippen LogP contribution is 2.23. The summed E-state index contributed by atoms with van der Waals surface area (Å²) in [6.07, 6.45) is 7.22. The van der Waals surface area contributed by atoms with Crippen LogP contribution in [0.1, 0.15) is 65.7 Å². The number of carbonyl (C=O) groups is 2. The first-order chi connectivity index (χ1) is 9.32. The van der Waals surface area contributed by atoms with Crippen molar-refractivity contribution in [3.05, 3.63) is 13.8 Å². The van der Waals surface area contributed by atoms with Crippen molar-refractivity contribution >= 4 is 11.8 Å². The van der Waals surface area contributed by atoms with Gasteiger partial charge in [-0.1, -0.05) is 39.0 Å². The lowest BCUT2D eigenvalue weighted by atomic mass is 9.85. The molecule has 0 saturated carbocycles. The number of rotatable bonds is 11. The van der Waals surface area contributed by atoms with Gasteiger partial charge >= 0.3 is 5.97 Å². The number of Topliss-reactive ketones (excluding diaryl/α,β-unsaturated/α-hetero) is 1. The second-order valence-electron chi connectivity index (χ2n) is 6.03. The summed E-state index contributed by atoms with van der Waals surface area (Å²) in [6.45, 7) is 12.9. The summed E-state index contributed by atoms with van der Waals surface area (Å²) in [6, 6.07) is 0. The molecule has 0 aromatic heterocycles. The lowest BCUT2D eigenvalue weighted by Gasteiger charge is -2.21. The zero-order valence-corrected chi connectivity index (χ0v) is 13.4. The lowest BCUT2D eigenvalue weighted by molar-refractivity contribution is -0.158. The van der Waals surface area contributed by atoms with Crippen molar-refractivity contribution in [1.82, 2.24) is 0 Å². The first-order valence-electron chi connectivity index (χ1n) is 7.69. The highest BCUT2D eigenvalue weighted by molar-refractivity contribution is 6.02. The summed E-state index contributed by atoms with van der Waals surface area (Å²) < 4.78 is 5.06. The van der Waals surface area contributed by atoms with E-state index < -0.39 is 11.4 Å². The zero-order valence-electron chi connectivity index (χ0n) is 13.4. The van der Waals surface area contributed by atoms with Gasteiger partial charge in [0, 0.05) is 6.42 Å². The molecule has 0 aromatic rings. The molecule has 0 aromatic carbocycles. The standard InChI is InChI=1S/C17H30O3/c1-6-7-8-9-10-11-12-15(18)17(4,5)16(19)20-13-14(2)3/h14H,2-3,6-13H2,1,4-5H3. The largest absolute Gasteiger partial charge is 0.465 e. The summed E-state index contributed by atoms with van der Waals surface area (Å²) in [4.78, 5) is 24.0. The monoisotopic (exact) mass is 282 g/mol. The number of hydrogen-bond donors (Lipinski definition) is 0. The van der Waals surface area contributed by atoms with Crippen LogP contribution in [0.2, 0.25) is 0 Å².